The van der Waals surface area contributed by atoms with Crippen molar-refractivity contribution in [3.63, 3.8) is 0 Å². The highest BCUT2D eigenvalue weighted by Crippen LogP contribution is 1.93. The third-order valence-corrected chi connectivity index (χ3v) is 1.69. The Morgan fingerprint density at radius 1 is 1.45 bits per heavy atom. The van der Waals surface area contributed by atoms with E-state index in [-0.39, 0.29) is 0 Å². The molecule has 4 heteroatoms. The zero-order valence-electron chi connectivity index (χ0n) is 7.00. The van der Waals surface area contributed by atoms with Crippen LogP contribution in [0.4, 0.5) is 0 Å². The molecule has 0 aromatic carbocycles. The topological polar surface area (TPSA) is 46.2 Å². The van der Waals surface area contributed by atoms with Gasteiger partial charge in [0, 0.05) is 6.20 Å². The summed E-state index contributed by atoms with van der Waals surface area (Å²) in [7, 11) is -3.05. The van der Waals surface area contributed by atoms with E-state index in [0.717, 1.165) is 25.5 Å². The van der Waals surface area contributed by atoms with Crippen LogP contribution < -0.4 is 4.72 Å². The maximum atomic E-state index is 10.5. The van der Waals surface area contributed by atoms with Crippen LogP contribution >= 0.6 is 0 Å². The maximum Gasteiger partial charge on any atom is 0.229 e. The highest BCUT2D eigenvalue weighted by molar-refractivity contribution is 7.88. The fourth-order valence-corrected chi connectivity index (χ4v) is 0.920. The molecule has 0 saturated heterocycles. The second-order valence-corrected chi connectivity index (χ2v) is 4.21. The molecule has 0 aliphatic heterocycles. The maximum absolute atomic E-state index is 10.5. The van der Waals surface area contributed by atoms with Gasteiger partial charge in [-0.05, 0) is 6.42 Å². The third-order valence-electron chi connectivity index (χ3n) is 1.12. The molecule has 66 valence electrons. The van der Waals surface area contributed by atoms with E-state index in [4.69, 9.17) is 0 Å². The molecule has 0 atom stereocenters. The lowest BCUT2D eigenvalue weighted by atomic mass is 10.2. The van der Waals surface area contributed by atoms with Crippen LogP contribution in [-0.4, -0.2) is 14.7 Å². The van der Waals surface area contributed by atoms with Gasteiger partial charge in [0.2, 0.25) is 10.0 Å². The first-order valence-electron chi connectivity index (χ1n) is 3.68. The van der Waals surface area contributed by atoms with E-state index in [1.54, 1.807) is 0 Å². The Bertz CT molecular complexity index is 206. The minimum atomic E-state index is -3.05. The summed E-state index contributed by atoms with van der Waals surface area (Å²) in [5.74, 6) is 0. The molecular formula is C7H15NO2S. The predicted molar refractivity (Wildman–Crippen MR) is 46.6 cm³/mol. The van der Waals surface area contributed by atoms with Crippen molar-refractivity contribution >= 4 is 10.0 Å². The van der Waals surface area contributed by atoms with Crippen molar-refractivity contribution in [2.75, 3.05) is 6.26 Å². The smallest absolute Gasteiger partial charge is 0.229 e. The summed E-state index contributed by atoms with van der Waals surface area (Å²) in [4.78, 5) is 0. The molecule has 0 fully saturated rings. The van der Waals surface area contributed by atoms with E-state index in [1.807, 2.05) is 6.08 Å². The fraction of sp³-hybridized carbons (Fsp3) is 0.714. The second-order valence-electron chi connectivity index (χ2n) is 2.43. The molecule has 0 aromatic heterocycles. The van der Waals surface area contributed by atoms with Gasteiger partial charge in [-0.3, -0.25) is 4.72 Å². The largest absolute Gasteiger partial charge is 0.291 e. The van der Waals surface area contributed by atoms with Gasteiger partial charge in [-0.2, -0.15) is 0 Å². The first-order chi connectivity index (χ1) is 5.06. The van der Waals surface area contributed by atoms with Crippen LogP contribution in [0.25, 0.3) is 0 Å². The number of allylic oxidation sites excluding steroid dienone is 1. The molecule has 3 nitrogen and oxygen atoms in total. The van der Waals surface area contributed by atoms with Crippen molar-refractivity contribution in [1.82, 2.24) is 4.72 Å². The number of rotatable bonds is 5. The minimum Gasteiger partial charge on any atom is -0.291 e. The van der Waals surface area contributed by atoms with Gasteiger partial charge in [0.05, 0.1) is 6.26 Å². The molecule has 0 bridgehead atoms. The lowest BCUT2D eigenvalue weighted by molar-refractivity contribution is 0.596. The number of hydrogen-bond donors (Lipinski definition) is 1. The van der Waals surface area contributed by atoms with E-state index >= 15 is 0 Å². The number of nitrogens with one attached hydrogen (secondary N) is 1. The second kappa shape index (κ2) is 5.18. The predicted octanol–water partition coefficient (Wildman–Crippen LogP) is 1.24. The summed E-state index contributed by atoms with van der Waals surface area (Å²) in [6.45, 7) is 2.10. The van der Waals surface area contributed by atoms with Gasteiger partial charge in [0.1, 0.15) is 0 Å². The first kappa shape index (κ1) is 10.5. The van der Waals surface area contributed by atoms with Gasteiger partial charge in [-0.25, -0.2) is 8.42 Å². The number of sulfonamides is 1. The van der Waals surface area contributed by atoms with Crippen LogP contribution in [-0.2, 0) is 10.0 Å². The quantitative estimate of drug-likeness (QED) is 0.642. The zero-order chi connectivity index (χ0) is 8.74. The van der Waals surface area contributed by atoms with Gasteiger partial charge < -0.3 is 0 Å². The van der Waals surface area contributed by atoms with Crippen LogP contribution in [0.3, 0.4) is 0 Å². The van der Waals surface area contributed by atoms with Crippen molar-refractivity contribution in [3.05, 3.63) is 12.3 Å². The third kappa shape index (κ3) is 9.49. The van der Waals surface area contributed by atoms with E-state index in [1.165, 1.54) is 6.20 Å². The van der Waals surface area contributed by atoms with Gasteiger partial charge in [-0.1, -0.05) is 25.8 Å². The van der Waals surface area contributed by atoms with E-state index in [0.29, 0.717) is 0 Å². The molecule has 1 N–H and O–H groups in total. The Kier molecular flexibility index (Phi) is 4.94. The molecular weight excluding hydrogens is 162 g/mol. The van der Waals surface area contributed by atoms with Gasteiger partial charge >= 0.3 is 0 Å². The molecule has 0 rings (SSSR count). The summed E-state index contributed by atoms with van der Waals surface area (Å²) in [5.41, 5.74) is 0. The average Bonchev–Trinajstić information content (AvgIpc) is 1.85. The van der Waals surface area contributed by atoms with Crippen LogP contribution in [0.2, 0.25) is 0 Å². The molecule has 0 unspecified atom stereocenters. The molecule has 11 heavy (non-hydrogen) atoms. The highest BCUT2D eigenvalue weighted by Gasteiger charge is 1.91. The Hall–Kier alpha value is -0.510. The summed E-state index contributed by atoms with van der Waals surface area (Å²) in [6.07, 6.45) is 7.59. The summed E-state index contributed by atoms with van der Waals surface area (Å²) < 4.78 is 23.3. The Labute approximate surface area is 68.5 Å². The Morgan fingerprint density at radius 2 is 2.09 bits per heavy atom. The lowest BCUT2D eigenvalue weighted by Crippen LogP contribution is -2.14. The molecule has 0 aliphatic rings. The van der Waals surface area contributed by atoms with Crippen LogP contribution in [0, 0.1) is 0 Å². The van der Waals surface area contributed by atoms with E-state index in [2.05, 4.69) is 11.6 Å². The van der Waals surface area contributed by atoms with Crippen molar-refractivity contribution in [3.8, 4) is 0 Å². The number of unbranched alkanes of at least 4 members (excludes halogenated alkanes) is 2. The van der Waals surface area contributed by atoms with Crippen molar-refractivity contribution in [2.45, 2.75) is 26.2 Å². The van der Waals surface area contributed by atoms with Crippen LogP contribution in [0.15, 0.2) is 12.3 Å². The van der Waals surface area contributed by atoms with Crippen molar-refractivity contribution < 1.29 is 8.42 Å². The SMILES string of the molecule is CCCC/C=C/NS(C)(=O)=O. The van der Waals surface area contributed by atoms with Crippen LogP contribution in [0.5, 0.6) is 0 Å². The van der Waals surface area contributed by atoms with E-state index in [9.17, 15) is 8.42 Å². The first-order valence-corrected chi connectivity index (χ1v) is 5.57. The average molecular weight is 177 g/mol. The minimum absolute atomic E-state index is 0.930. The monoisotopic (exact) mass is 177 g/mol. The molecule has 0 spiro atoms. The van der Waals surface area contributed by atoms with Gasteiger partial charge in [-0.15, -0.1) is 0 Å². The van der Waals surface area contributed by atoms with Crippen molar-refractivity contribution in [1.29, 1.82) is 0 Å². The molecule has 0 heterocycles. The molecule has 0 saturated carbocycles. The Balaban J connectivity index is 3.46. The van der Waals surface area contributed by atoms with Crippen LogP contribution in [0.1, 0.15) is 26.2 Å². The summed E-state index contributed by atoms with van der Waals surface area (Å²) >= 11 is 0. The molecule has 0 aromatic rings. The zero-order valence-corrected chi connectivity index (χ0v) is 7.82. The fourth-order valence-electron chi connectivity index (χ4n) is 0.577. The summed E-state index contributed by atoms with van der Waals surface area (Å²) in [5, 5.41) is 0. The summed E-state index contributed by atoms with van der Waals surface area (Å²) in [6, 6.07) is 0. The van der Waals surface area contributed by atoms with E-state index < -0.39 is 10.0 Å². The Morgan fingerprint density at radius 3 is 2.55 bits per heavy atom. The standard InChI is InChI=1S/C7H15NO2S/c1-3-4-5-6-7-8-11(2,9)10/h6-8H,3-5H2,1-2H3/b7-6+. The molecule has 0 radical (unpaired) electrons. The number of hydrogen-bond acceptors (Lipinski definition) is 2. The normalized spacial score (nSPS) is 12.2. The van der Waals surface area contributed by atoms with Gasteiger partial charge in [0.25, 0.3) is 0 Å². The molecule has 0 aliphatic carbocycles. The van der Waals surface area contributed by atoms with Crippen molar-refractivity contribution in [2.24, 2.45) is 0 Å². The lowest BCUT2D eigenvalue weighted by Gasteiger charge is -1.93. The molecule has 0 amide bonds. The van der Waals surface area contributed by atoms with Gasteiger partial charge in [0.15, 0.2) is 0 Å². The highest BCUT2D eigenvalue weighted by atomic mass is 32.2.